The van der Waals surface area contributed by atoms with Crippen LogP contribution in [0.15, 0.2) is 60.4 Å². The van der Waals surface area contributed by atoms with E-state index >= 15 is 0 Å². The molecule has 2 aliphatic heterocycles. The van der Waals surface area contributed by atoms with E-state index < -0.39 is 0 Å². The second kappa shape index (κ2) is 8.28. The number of nitrogens with zero attached hydrogens (tertiary/aromatic N) is 1. The fourth-order valence-electron chi connectivity index (χ4n) is 4.24. The first kappa shape index (κ1) is 21.1. The summed E-state index contributed by atoms with van der Waals surface area (Å²) in [6, 6.07) is 17.6. The van der Waals surface area contributed by atoms with E-state index in [1.54, 1.807) is 24.3 Å². The van der Waals surface area contributed by atoms with Gasteiger partial charge in [0.05, 0.1) is 5.56 Å². The van der Waals surface area contributed by atoms with Crippen LogP contribution >= 0.6 is 23.2 Å². The van der Waals surface area contributed by atoms with Crippen molar-refractivity contribution in [2.24, 2.45) is 0 Å². The smallest absolute Gasteiger partial charge is 0.231 e. The summed E-state index contributed by atoms with van der Waals surface area (Å²) in [7, 11) is 0. The minimum Gasteiger partial charge on any atom is -0.477 e. The molecule has 32 heavy (non-hydrogen) atoms. The lowest BCUT2D eigenvalue weighted by Gasteiger charge is -2.34. The van der Waals surface area contributed by atoms with Gasteiger partial charge in [-0.2, -0.15) is 0 Å². The van der Waals surface area contributed by atoms with Crippen molar-refractivity contribution in [3.63, 3.8) is 0 Å². The standard InChI is InChI=1S/C26H21Cl2NO3/c1-15-25-18(13-29(14-31-25)16(2)17-7-4-3-5-8-17)11-20-24(30)23(32-26(15)20)12-19-21(27)9-6-10-22(19)28/h3-12,16H,13-14H2,1-2H3/b23-12-. The number of ketones is 1. The Morgan fingerprint density at radius 1 is 1.03 bits per heavy atom. The molecule has 0 spiro atoms. The van der Waals surface area contributed by atoms with Crippen LogP contribution in [0.25, 0.3) is 6.08 Å². The molecule has 0 bridgehead atoms. The van der Waals surface area contributed by atoms with Gasteiger partial charge in [0.1, 0.15) is 18.2 Å². The van der Waals surface area contributed by atoms with Gasteiger partial charge < -0.3 is 9.47 Å². The molecule has 0 amide bonds. The number of halogens is 2. The Hall–Kier alpha value is -2.79. The van der Waals surface area contributed by atoms with E-state index in [1.807, 2.05) is 31.2 Å². The van der Waals surface area contributed by atoms with E-state index in [0.717, 1.165) is 16.9 Å². The normalized spacial score (nSPS) is 17.5. The number of carbonyl (C=O) groups is 1. The van der Waals surface area contributed by atoms with Gasteiger partial charge in [-0.05, 0) is 43.7 Å². The number of hydrogen-bond acceptors (Lipinski definition) is 4. The first-order valence-electron chi connectivity index (χ1n) is 10.4. The van der Waals surface area contributed by atoms with Gasteiger partial charge in [-0.3, -0.25) is 9.69 Å². The molecule has 0 saturated heterocycles. The number of carbonyl (C=O) groups excluding carboxylic acids is 1. The Kier molecular flexibility index (Phi) is 5.46. The highest BCUT2D eigenvalue weighted by Crippen LogP contribution is 2.44. The van der Waals surface area contributed by atoms with Crippen molar-refractivity contribution in [3.05, 3.63) is 98.2 Å². The molecule has 0 aliphatic carbocycles. The van der Waals surface area contributed by atoms with Crippen LogP contribution in [-0.4, -0.2) is 17.4 Å². The van der Waals surface area contributed by atoms with Crippen molar-refractivity contribution in [2.45, 2.75) is 26.4 Å². The summed E-state index contributed by atoms with van der Waals surface area (Å²) in [4.78, 5) is 15.4. The molecule has 2 aliphatic rings. The highest BCUT2D eigenvalue weighted by Gasteiger charge is 2.34. The maximum absolute atomic E-state index is 13.2. The molecule has 1 unspecified atom stereocenters. The lowest BCUT2D eigenvalue weighted by atomic mass is 9.99. The van der Waals surface area contributed by atoms with Gasteiger partial charge in [-0.15, -0.1) is 0 Å². The molecule has 0 N–H and O–H groups in total. The van der Waals surface area contributed by atoms with Crippen molar-refractivity contribution in [1.29, 1.82) is 0 Å². The van der Waals surface area contributed by atoms with E-state index in [9.17, 15) is 4.79 Å². The second-order valence-corrected chi connectivity index (χ2v) is 8.86. The van der Waals surface area contributed by atoms with Gasteiger partial charge in [0.15, 0.2) is 5.76 Å². The van der Waals surface area contributed by atoms with Crippen LogP contribution in [0.4, 0.5) is 0 Å². The topological polar surface area (TPSA) is 38.8 Å². The van der Waals surface area contributed by atoms with Crippen LogP contribution < -0.4 is 9.47 Å². The van der Waals surface area contributed by atoms with Crippen LogP contribution in [-0.2, 0) is 6.54 Å². The Morgan fingerprint density at radius 2 is 1.75 bits per heavy atom. The first-order chi connectivity index (χ1) is 15.4. The van der Waals surface area contributed by atoms with E-state index in [0.29, 0.717) is 40.2 Å². The third-order valence-corrected chi connectivity index (χ3v) is 6.73. The summed E-state index contributed by atoms with van der Waals surface area (Å²) in [5.41, 5.74) is 4.12. The maximum Gasteiger partial charge on any atom is 0.231 e. The Balaban J connectivity index is 1.48. The van der Waals surface area contributed by atoms with Gasteiger partial charge in [0, 0.05) is 39.3 Å². The molecule has 3 aromatic carbocycles. The molecule has 2 heterocycles. The average Bonchev–Trinajstić information content (AvgIpc) is 3.12. The van der Waals surface area contributed by atoms with Crippen LogP contribution in [0, 0.1) is 6.92 Å². The Bertz CT molecular complexity index is 1230. The number of rotatable bonds is 3. The summed E-state index contributed by atoms with van der Waals surface area (Å²) in [6.45, 7) is 5.23. The predicted octanol–water partition coefficient (Wildman–Crippen LogP) is 6.83. The highest BCUT2D eigenvalue weighted by atomic mass is 35.5. The summed E-state index contributed by atoms with van der Waals surface area (Å²) in [6.07, 6.45) is 1.61. The lowest BCUT2D eigenvalue weighted by Crippen LogP contribution is -2.34. The number of fused-ring (bicyclic) bond motifs is 2. The van der Waals surface area contributed by atoms with Crippen LogP contribution in [0.5, 0.6) is 11.5 Å². The molecule has 0 aromatic heterocycles. The fourth-order valence-corrected chi connectivity index (χ4v) is 4.74. The number of ether oxygens (including phenoxy) is 2. The van der Waals surface area contributed by atoms with Crippen molar-refractivity contribution in [2.75, 3.05) is 6.73 Å². The zero-order valence-corrected chi connectivity index (χ0v) is 19.2. The molecule has 1 atom stereocenters. The fraction of sp³-hybridized carbons (Fsp3) is 0.192. The summed E-state index contributed by atoms with van der Waals surface area (Å²) in [5, 5.41) is 0.921. The Morgan fingerprint density at radius 3 is 2.47 bits per heavy atom. The van der Waals surface area contributed by atoms with E-state index in [1.165, 1.54) is 5.56 Å². The first-order valence-corrected chi connectivity index (χ1v) is 11.2. The number of allylic oxidation sites excluding steroid dienone is 1. The third kappa shape index (κ3) is 3.58. The van der Waals surface area contributed by atoms with Crippen molar-refractivity contribution >= 4 is 35.1 Å². The molecular formula is C26H21Cl2NO3. The molecular weight excluding hydrogens is 445 g/mol. The highest BCUT2D eigenvalue weighted by molar-refractivity contribution is 6.37. The number of benzene rings is 3. The molecule has 4 nitrogen and oxygen atoms in total. The zero-order valence-electron chi connectivity index (χ0n) is 17.7. The van der Waals surface area contributed by atoms with Crippen molar-refractivity contribution < 1.29 is 14.3 Å². The largest absolute Gasteiger partial charge is 0.477 e. The quantitative estimate of drug-likeness (QED) is 0.397. The number of Topliss-reactive ketones (excluding diaryl/α,β-unsaturated/α-hetero) is 1. The molecule has 6 heteroatoms. The van der Waals surface area contributed by atoms with Crippen LogP contribution in [0.3, 0.4) is 0 Å². The summed E-state index contributed by atoms with van der Waals surface area (Å²) < 4.78 is 12.1. The monoisotopic (exact) mass is 465 g/mol. The van der Waals surface area contributed by atoms with Crippen LogP contribution in [0.2, 0.25) is 10.0 Å². The van der Waals surface area contributed by atoms with Gasteiger partial charge in [0.25, 0.3) is 0 Å². The van der Waals surface area contributed by atoms with E-state index in [2.05, 4.69) is 24.0 Å². The molecule has 3 aromatic rings. The summed E-state index contributed by atoms with van der Waals surface area (Å²) in [5.74, 6) is 1.34. The third-order valence-electron chi connectivity index (χ3n) is 6.07. The summed E-state index contributed by atoms with van der Waals surface area (Å²) >= 11 is 12.6. The van der Waals surface area contributed by atoms with Crippen molar-refractivity contribution in [1.82, 2.24) is 4.90 Å². The van der Waals surface area contributed by atoms with Gasteiger partial charge in [-0.1, -0.05) is 59.6 Å². The Labute approximate surface area is 197 Å². The second-order valence-electron chi connectivity index (χ2n) is 8.05. The van der Waals surface area contributed by atoms with Gasteiger partial charge >= 0.3 is 0 Å². The zero-order chi connectivity index (χ0) is 22.4. The molecule has 162 valence electrons. The van der Waals surface area contributed by atoms with E-state index in [4.69, 9.17) is 32.7 Å². The SMILES string of the molecule is Cc1c2c(cc3c1O/C(=C\c1c(Cl)cccc1Cl)C3=O)CN(C(C)c1ccccc1)CO2. The molecule has 0 radical (unpaired) electrons. The minimum atomic E-state index is -0.185. The van der Waals surface area contributed by atoms with Crippen molar-refractivity contribution in [3.8, 4) is 11.5 Å². The van der Waals surface area contributed by atoms with Gasteiger partial charge in [0.2, 0.25) is 5.78 Å². The van der Waals surface area contributed by atoms with Crippen LogP contribution in [0.1, 0.15) is 45.6 Å². The molecule has 0 fully saturated rings. The average molecular weight is 466 g/mol. The minimum absolute atomic E-state index is 0.183. The van der Waals surface area contributed by atoms with E-state index in [-0.39, 0.29) is 17.6 Å². The predicted molar refractivity (Wildman–Crippen MR) is 126 cm³/mol. The lowest BCUT2D eigenvalue weighted by molar-refractivity contribution is 0.0609. The molecule has 0 saturated carbocycles. The molecule has 5 rings (SSSR count). The number of hydrogen-bond donors (Lipinski definition) is 0. The van der Waals surface area contributed by atoms with Gasteiger partial charge in [-0.25, -0.2) is 0 Å². The maximum atomic E-state index is 13.2.